The second kappa shape index (κ2) is 8.09. The van der Waals surface area contributed by atoms with Crippen molar-refractivity contribution in [3.8, 4) is 0 Å². The Morgan fingerprint density at radius 3 is 2.52 bits per heavy atom. The van der Waals surface area contributed by atoms with E-state index in [0.717, 1.165) is 28.2 Å². The van der Waals surface area contributed by atoms with Crippen molar-refractivity contribution in [2.75, 3.05) is 6.54 Å². The molecule has 8 heteroatoms. The molecule has 2 aliphatic rings. The molecule has 162 valence electrons. The third kappa shape index (κ3) is 4.02. The Labute approximate surface area is 178 Å². The van der Waals surface area contributed by atoms with Gasteiger partial charge in [0.1, 0.15) is 23.7 Å². The summed E-state index contributed by atoms with van der Waals surface area (Å²) in [5.74, 6) is -2.36. The summed E-state index contributed by atoms with van der Waals surface area (Å²) in [6.45, 7) is 1.16. The van der Waals surface area contributed by atoms with Crippen LogP contribution in [-0.4, -0.2) is 40.9 Å². The number of fused-ring (bicyclic) bond motifs is 1. The van der Waals surface area contributed by atoms with Gasteiger partial charge in [0.25, 0.3) is 5.91 Å². The van der Waals surface area contributed by atoms with Crippen LogP contribution in [0.25, 0.3) is 0 Å². The molecule has 2 unspecified atom stereocenters. The normalized spacial score (nSPS) is 21.1. The van der Waals surface area contributed by atoms with E-state index in [2.05, 4.69) is 10.6 Å². The third-order valence-corrected chi connectivity index (χ3v) is 5.96. The standard InChI is InChI=1S/C23H23F2N3O3/c1-14(11-17-18(24)7-4-8-19(17)25)26-20(29)13-28-21(30)23(27-22(28)31)10-9-15-5-2-3-6-16(15)12-23/h2-8,14H,9-13H2,1H3,(H,26,29)(H,27,31). The van der Waals surface area contributed by atoms with Crippen LogP contribution in [0.15, 0.2) is 42.5 Å². The van der Waals surface area contributed by atoms with Gasteiger partial charge in [-0.15, -0.1) is 0 Å². The lowest BCUT2D eigenvalue weighted by Gasteiger charge is -2.32. The lowest BCUT2D eigenvalue weighted by Crippen LogP contribution is -2.51. The topological polar surface area (TPSA) is 78.5 Å². The summed E-state index contributed by atoms with van der Waals surface area (Å²) in [5.41, 5.74) is 1.01. The van der Waals surface area contributed by atoms with Crippen LogP contribution in [0.2, 0.25) is 0 Å². The molecule has 2 aromatic carbocycles. The number of hydrogen-bond acceptors (Lipinski definition) is 3. The van der Waals surface area contributed by atoms with Gasteiger partial charge in [0, 0.05) is 18.0 Å². The fourth-order valence-electron chi connectivity index (χ4n) is 4.39. The molecule has 31 heavy (non-hydrogen) atoms. The number of hydrogen-bond donors (Lipinski definition) is 2. The van der Waals surface area contributed by atoms with Crippen molar-refractivity contribution >= 4 is 17.8 Å². The Kier molecular flexibility index (Phi) is 5.47. The fourth-order valence-corrected chi connectivity index (χ4v) is 4.39. The number of benzene rings is 2. The highest BCUT2D eigenvalue weighted by Crippen LogP contribution is 2.33. The molecule has 0 saturated carbocycles. The molecule has 4 rings (SSSR count). The second-order valence-electron chi connectivity index (χ2n) is 8.22. The minimum absolute atomic E-state index is 0.0505. The van der Waals surface area contributed by atoms with E-state index in [1.165, 1.54) is 6.07 Å². The minimum Gasteiger partial charge on any atom is -0.352 e. The van der Waals surface area contributed by atoms with Crippen LogP contribution in [0.5, 0.6) is 0 Å². The molecule has 1 aliphatic carbocycles. The van der Waals surface area contributed by atoms with Crippen molar-refractivity contribution in [2.45, 2.75) is 44.2 Å². The van der Waals surface area contributed by atoms with Crippen LogP contribution in [0.3, 0.4) is 0 Å². The lowest BCUT2D eigenvalue weighted by molar-refractivity contribution is -0.135. The monoisotopic (exact) mass is 427 g/mol. The van der Waals surface area contributed by atoms with Gasteiger partial charge in [-0.2, -0.15) is 0 Å². The molecule has 2 aromatic rings. The number of imide groups is 1. The molecule has 6 nitrogen and oxygen atoms in total. The smallest absolute Gasteiger partial charge is 0.325 e. The molecule has 1 aliphatic heterocycles. The number of aryl methyl sites for hydroxylation is 1. The number of halogens is 2. The van der Waals surface area contributed by atoms with E-state index in [1.54, 1.807) is 6.92 Å². The Balaban J connectivity index is 1.40. The summed E-state index contributed by atoms with van der Waals surface area (Å²) < 4.78 is 27.7. The van der Waals surface area contributed by atoms with Gasteiger partial charge in [-0.3, -0.25) is 14.5 Å². The number of nitrogens with zero attached hydrogens (tertiary/aromatic N) is 1. The predicted molar refractivity (Wildman–Crippen MR) is 109 cm³/mol. The van der Waals surface area contributed by atoms with E-state index in [1.807, 2.05) is 24.3 Å². The molecule has 1 saturated heterocycles. The Morgan fingerprint density at radius 2 is 1.81 bits per heavy atom. The molecular weight excluding hydrogens is 404 g/mol. The minimum atomic E-state index is -1.03. The van der Waals surface area contributed by atoms with Gasteiger partial charge in [0.05, 0.1) is 0 Å². The van der Waals surface area contributed by atoms with E-state index in [0.29, 0.717) is 19.3 Å². The third-order valence-electron chi connectivity index (χ3n) is 5.96. The van der Waals surface area contributed by atoms with Gasteiger partial charge in [0.15, 0.2) is 0 Å². The van der Waals surface area contributed by atoms with Crippen molar-refractivity contribution < 1.29 is 23.2 Å². The highest BCUT2D eigenvalue weighted by Gasteiger charge is 2.52. The van der Waals surface area contributed by atoms with Crippen LogP contribution in [0, 0.1) is 11.6 Å². The SMILES string of the molecule is CC(Cc1c(F)cccc1F)NC(=O)CN1C(=O)NC2(CCc3ccccc3C2)C1=O. The summed E-state index contributed by atoms with van der Waals surface area (Å²) in [4.78, 5) is 38.9. The molecule has 0 bridgehead atoms. The number of rotatable bonds is 5. The molecule has 2 N–H and O–H groups in total. The van der Waals surface area contributed by atoms with Crippen LogP contribution in [0.1, 0.15) is 30.0 Å². The quantitative estimate of drug-likeness (QED) is 0.720. The first-order valence-corrected chi connectivity index (χ1v) is 10.2. The molecule has 0 radical (unpaired) electrons. The molecule has 4 amide bonds. The highest BCUT2D eigenvalue weighted by atomic mass is 19.1. The lowest BCUT2D eigenvalue weighted by atomic mass is 9.78. The zero-order chi connectivity index (χ0) is 22.2. The summed E-state index contributed by atoms with van der Waals surface area (Å²) in [6, 6.07) is 10.2. The van der Waals surface area contributed by atoms with Crippen molar-refractivity contribution in [1.29, 1.82) is 0 Å². The van der Waals surface area contributed by atoms with Gasteiger partial charge in [0.2, 0.25) is 5.91 Å². The number of carbonyl (C=O) groups excluding carboxylic acids is 3. The predicted octanol–water partition coefficient (Wildman–Crippen LogP) is 2.49. The van der Waals surface area contributed by atoms with Gasteiger partial charge in [-0.25, -0.2) is 13.6 Å². The van der Waals surface area contributed by atoms with Crippen LogP contribution >= 0.6 is 0 Å². The molecule has 1 heterocycles. The van der Waals surface area contributed by atoms with Crippen LogP contribution < -0.4 is 10.6 Å². The maximum Gasteiger partial charge on any atom is 0.325 e. The summed E-state index contributed by atoms with van der Waals surface area (Å²) >= 11 is 0. The second-order valence-corrected chi connectivity index (χ2v) is 8.22. The van der Waals surface area contributed by atoms with Gasteiger partial charge >= 0.3 is 6.03 Å². The van der Waals surface area contributed by atoms with E-state index >= 15 is 0 Å². The average Bonchev–Trinajstić information content (AvgIpc) is 2.94. The van der Waals surface area contributed by atoms with Crippen molar-refractivity contribution in [3.63, 3.8) is 0 Å². The molecule has 1 fully saturated rings. The summed E-state index contributed by atoms with van der Waals surface area (Å²) in [5, 5.41) is 5.39. The summed E-state index contributed by atoms with van der Waals surface area (Å²) in [6.07, 6.45) is 1.46. The van der Waals surface area contributed by atoms with Crippen molar-refractivity contribution in [1.82, 2.24) is 15.5 Å². The molecule has 2 atom stereocenters. The molecular formula is C23H23F2N3O3. The molecule has 0 aromatic heterocycles. The van der Waals surface area contributed by atoms with Gasteiger partial charge < -0.3 is 10.6 Å². The Morgan fingerprint density at radius 1 is 1.13 bits per heavy atom. The number of carbonyl (C=O) groups is 3. The first-order chi connectivity index (χ1) is 14.8. The summed E-state index contributed by atoms with van der Waals surface area (Å²) in [7, 11) is 0. The average molecular weight is 427 g/mol. The maximum absolute atomic E-state index is 13.8. The van der Waals surface area contributed by atoms with Crippen molar-refractivity contribution in [3.05, 3.63) is 70.8 Å². The fraction of sp³-hybridized carbons (Fsp3) is 0.348. The first kappa shape index (κ1) is 21.0. The zero-order valence-electron chi connectivity index (χ0n) is 17.1. The van der Waals surface area contributed by atoms with E-state index < -0.39 is 47.6 Å². The maximum atomic E-state index is 13.8. The van der Waals surface area contributed by atoms with Crippen molar-refractivity contribution in [2.24, 2.45) is 0 Å². The number of nitrogens with one attached hydrogen (secondary N) is 2. The van der Waals surface area contributed by atoms with E-state index in [-0.39, 0.29) is 12.0 Å². The Bertz CT molecular complexity index is 1040. The van der Waals surface area contributed by atoms with Gasteiger partial charge in [-0.1, -0.05) is 30.3 Å². The number of amides is 4. The zero-order valence-corrected chi connectivity index (χ0v) is 17.1. The van der Waals surface area contributed by atoms with Crippen LogP contribution in [0.4, 0.5) is 13.6 Å². The molecule has 1 spiro atoms. The van der Waals surface area contributed by atoms with E-state index in [9.17, 15) is 23.2 Å². The van der Waals surface area contributed by atoms with Crippen LogP contribution in [-0.2, 0) is 28.9 Å². The van der Waals surface area contributed by atoms with E-state index in [4.69, 9.17) is 0 Å². The largest absolute Gasteiger partial charge is 0.352 e. The Hall–Kier alpha value is -3.29. The highest BCUT2D eigenvalue weighted by molar-refractivity contribution is 6.09. The number of urea groups is 1. The first-order valence-electron chi connectivity index (χ1n) is 10.2. The van der Waals surface area contributed by atoms with Gasteiger partial charge in [-0.05, 0) is 49.4 Å².